The zero-order chi connectivity index (χ0) is 19.3. The highest BCUT2D eigenvalue weighted by Crippen LogP contribution is 2.26. The van der Waals surface area contributed by atoms with Crippen molar-refractivity contribution < 1.29 is 4.79 Å². The molecule has 1 amide bonds. The Morgan fingerprint density at radius 2 is 1.96 bits per heavy atom. The number of carbonyl (C=O) groups is 1. The van der Waals surface area contributed by atoms with Crippen LogP contribution in [0.3, 0.4) is 0 Å². The van der Waals surface area contributed by atoms with Crippen molar-refractivity contribution >= 4 is 34.3 Å². The number of rotatable bonds is 7. The molecule has 1 saturated heterocycles. The molecule has 4 rings (SSSR count). The number of hydrogen-bond acceptors (Lipinski definition) is 4. The molecule has 4 nitrogen and oxygen atoms in total. The third kappa shape index (κ3) is 4.28. The van der Waals surface area contributed by atoms with E-state index < -0.39 is 0 Å². The molecule has 0 N–H and O–H groups in total. The summed E-state index contributed by atoms with van der Waals surface area (Å²) in [6, 6.07) is 12.7. The second kappa shape index (κ2) is 8.88. The lowest BCUT2D eigenvalue weighted by atomic mass is 10.2. The molecular formula is C22H25N3OS2. The first-order valence-corrected chi connectivity index (χ1v) is 11.6. The van der Waals surface area contributed by atoms with Gasteiger partial charge in [-0.05, 0) is 48.4 Å². The van der Waals surface area contributed by atoms with E-state index >= 15 is 0 Å². The molecule has 146 valence electrons. The summed E-state index contributed by atoms with van der Waals surface area (Å²) >= 11 is 3.44. The lowest BCUT2D eigenvalue weighted by Crippen LogP contribution is -2.27. The van der Waals surface area contributed by atoms with Gasteiger partial charge >= 0.3 is 0 Å². The highest BCUT2D eigenvalue weighted by Gasteiger charge is 2.19. The van der Waals surface area contributed by atoms with Gasteiger partial charge in [0, 0.05) is 31.4 Å². The van der Waals surface area contributed by atoms with Gasteiger partial charge in [-0.25, -0.2) is 4.99 Å². The van der Waals surface area contributed by atoms with Crippen LogP contribution in [0, 0.1) is 0 Å². The van der Waals surface area contributed by atoms with Gasteiger partial charge in [-0.1, -0.05) is 25.1 Å². The number of thiazole rings is 1. The number of nitrogens with zero attached hydrogens (tertiary/aromatic N) is 3. The third-order valence-corrected chi connectivity index (χ3v) is 6.88. The molecule has 3 heterocycles. The normalized spacial score (nSPS) is 15.0. The zero-order valence-corrected chi connectivity index (χ0v) is 17.8. The van der Waals surface area contributed by atoms with Crippen molar-refractivity contribution in [1.29, 1.82) is 0 Å². The highest BCUT2D eigenvalue weighted by molar-refractivity contribution is 7.14. The fraction of sp³-hybridized carbons (Fsp3) is 0.364. The molecule has 1 fully saturated rings. The van der Waals surface area contributed by atoms with Gasteiger partial charge < -0.3 is 9.47 Å². The average molecular weight is 412 g/mol. The molecule has 28 heavy (non-hydrogen) atoms. The summed E-state index contributed by atoms with van der Waals surface area (Å²) in [5.41, 5.74) is 3.53. The van der Waals surface area contributed by atoms with Crippen molar-refractivity contribution in [2.45, 2.75) is 39.2 Å². The average Bonchev–Trinajstić information content (AvgIpc) is 3.45. The zero-order valence-electron chi connectivity index (χ0n) is 16.1. The number of carbonyl (C=O) groups excluding carboxylic acids is 1. The minimum Gasteiger partial charge on any atom is -0.343 e. The number of aryl methyl sites for hydroxylation is 1. The first-order chi connectivity index (χ1) is 13.7. The van der Waals surface area contributed by atoms with E-state index in [1.807, 2.05) is 4.90 Å². The van der Waals surface area contributed by atoms with Crippen LogP contribution in [-0.2, 0) is 17.8 Å². The highest BCUT2D eigenvalue weighted by atomic mass is 32.1. The maximum absolute atomic E-state index is 11.9. The van der Waals surface area contributed by atoms with Crippen LogP contribution in [0.15, 0.2) is 52.2 Å². The smallest absolute Gasteiger partial charge is 0.222 e. The van der Waals surface area contributed by atoms with Crippen molar-refractivity contribution in [1.82, 2.24) is 9.47 Å². The fourth-order valence-electron chi connectivity index (χ4n) is 3.53. The quantitative estimate of drug-likeness (QED) is 0.534. The molecule has 0 spiro atoms. The van der Waals surface area contributed by atoms with Crippen molar-refractivity contribution in [3.05, 3.63) is 57.5 Å². The molecule has 2 aromatic heterocycles. The van der Waals surface area contributed by atoms with Gasteiger partial charge in [0.15, 0.2) is 4.80 Å². The Kier molecular flexibility index (Phi) is 6.07. The summed E-state index contributed by atoms with van der Waals surface area (Å²) in [5.74, 6) is 0.301. The predicted octanol–water partition coefficient (Wildman–Crippen LogP) is 5.09. The van der Waals surface area contributed by atoms with Crippen molar-refractivity contribution in [2.75, 3.05) is 13.1 Å². The Bertz CT molecular complexity index is 984. The van der Waals surface area contributed by atoms with Gasteiger partial charge in [0.1, 0.15) is 0 Å². The van der Waals surface area contributed by atoms with Gasteiger partial charge in [0.2, 0.25) is 5.91 Å². The summed E-state index contributed by atoms with van der Waals surface area (Å²) in [6.45, 7) is 4.77. The third-order valence-electron chi connectivity index (χ3n) is 5.12. The number of hydrogen-bond donors (Lipinski definition) is 0. The molecule has 1 aliphatic rings. The first-order valence-electron chi connectivity index (χ1n) is 9.88. The number of thiophene rings is 1. The molecule has 1 aliphatic heterocycles. The summed E-state index contributed by atoms with van der Waals surface area (Å²) in [5, 5.41) is 4.31. The second-order valence-electron chi connectivity index (χ2n) is 7.00. The summed E-state index contributed by atoms with van der Waals surface area (Å²) < 4.78 is 2.31. The molecule has 0 atom stereocenters. The monoisotopic (exact) mass is 411 g/mol. The van der Waals surface area contributed by atoms with Gasteiger partial charge in [-0.3, -0.25) is 4.79 Å². The van der Waals surface area contributed by atoms with Crippen molar-refractivity contribution in [3.63, 3.8) is 0 Å². The standard InChI is InChI=1S/C22H25N3OS2/c1-2-17-8-10-18(11-9-17)23-22-25(14-5-13-24-12-3-7-21(24)26)19(16-28-22)20-6-4-15-27-20/h4,6,8-11,15-16H,2-3,5,7,12-14H2,1H3. The minimum absolute atomic E-state index is 0.301. The fourth-order valence-corrected chi connectivity index (χ4v) is 5.31. The Morgan fingerprint density at radius 3 is 2.64 bits per heavy atom. The van der Waals surface area contributed by atoms with E-state index in [2.05, 4.69) is 58.6 Å². The van der Waals surface area contributed by atoms with Crippen LogP contribution in [-0.4, -0.2) is 28.5 Å². The molecule has 1 aromatic carbocycles. The molecule has 0 radical (unpaired) electrons. The van der Waals surface area contributed by atoms with Crippen LogP contribution in [0.1, 0.15) is 31.7 Å². The summed E-state index contributed by atoms with van der Waals surface area (Å²) in [4.78, 5) is 21.1. The Labute approximate surface area is 173 Å². The lowest BCUT2D eigenvalue weighted by molar-refractivity contribution is -0.127. The number of benzene rings is 1. The maximum atomic E-state index is 11.9. The van der Waals surface area contributed by atoms with Gasteiger partial charge in [0.25, 0.3) is 0 Å². The van der Waals surface area contributed by atoms with E-state index in [0.29, 0.717) is 12.3 Å². The van der Waals surface area contributed by atoms with E-state index in [9.17, 15) is 4.79 Å². The topological polar surface area (TPSA) is 37.6 Å². The molecule has 6 heteroatoms. The summed E-state index contributed by atoms with van der Waals surface area (Å²) in [7, 11) is 0. The molecular weight excluding hydrogens is 386 g/mol. The van der Waals surface area contributed by atoms with Crippen molar-refractivity contribution in [2.24, 2.45) is 4.99 Å². The number of aromatic nitrogens is 1. The van der Waals surface area contributed by atoms with Crippen LogP contribution in [0.25, 0.3) is 10.6 Å². The van der Waals surface area contributed by atoms with E-state index in [0.717, 1.165) is 49.4 Å². The van der Waals surface area contributed by atoms with E-state index in [1.165, 1.54) is 16.1 Å². The minimum atomic E-state index is 0.301. The molecule has 0 aliphatic carbocycles. The first kappa shape index (κ1) is 19.2. The maximum Gasteiger partial charge on any atom is 0.222 e. The van der Waals surface area contributed by atoms with E-state index in [1.54, 1.807) is 22.7 Å². The van der Waals surface area contributed by atoms with E-state index in [4.69, 9.17) is 4.99 Å². The Hall–Kier alpha value is -2.18. The molecule has 0 bridgehead atoms. The largest absolute Gasteiger partial charge is 0.343 e. The SMILES string of the molecule is CCc1ccc(N=c2scc(-c3cccs3)n2CCCN2CCCC2=O)cc1. The van der Waals surface area contributed by atoms with Crippen LogP contribution < -0.4 is 4.80 Å². The number of amides is 1. The van der Waals surface area contributed by atoms with Crippen LogP contribution >= 0.6 is 22.7 Å². The molecule has 0 unspecified atom stereocenters. The Balaban J connectivity index is 1.60. The van der Waals surface area contributed by atoms with Crippen molar-refractivity contribution in [3.8, 4) is 10.6 Å². The molecule has 0 saturated carbocycles. The second-order valence-corrected chi connectivity index (χ2v) is 8.79. The van der Waals surface area contributed by atoms with E-state index in [-0.39, 0.29) is 0 Å². The predicted molar refractivity (Wildman–Crippen MR) is 117 cm³/mol. The van der Waals surface area contributed by atoms with Crippen LogP contribution in [0.4, 0.5) is 5.69 Å². The lowest BCUT2D eigenvalue weighted by Gasteiger charge is -2.16. The Morgan fingerprint density at radius 1 is 1.11 bits per heavy atom. The van der Waals surface area contributed by atoms with Crippen LogP contribution in [0.5, 0.6) is 0 Å². The van der Waals surface area contributed by atoms with Crippen LogP contribution in [0.2, 0.25) is 0 Å². The van der Waals surface area contributed by atoms with Gasteiger partial charge in [0.05, 0.1) is 16.3 Å². The summed E-state index contributed by atoms with van der Waals surface area (Å²) in [6.07, 6.45) is 3.69. The number of likely N-dealkylation sites (tertiary alicyclic amines) is 1. The van der Waals surface area contributed by atoms with Gasteiger partial charge in [-0.15, -0.1) is 22.7 Å². The van der Waals surface area contributed by atoms with Gasteiger partial charge in [-0.2, -0.15) is 0 Å². The molecule has 3 aromatic rings.